The maximum absolute atomic E-state index is 12.4. The number of H-pyrrole nitrogens is 1. The summed E-state index contributed by atoms with van der Waals surface area (Å²) in [6.45, 7) is 5.62. The molecule has 0 aromatic carbocycles. The molecule has 1 aliphatic heterocycles. The van der Waals surface area contributed by atoms with E-state index in [2.05, 4.69) is 34.5 Å². The highest BCUT2D eigenvalue weighted by Crippen LogP contribution is 2.30. The molecule has 0 aliphatic carbocycles. The van der Waals surface area contributed by atoms with Crippen molar-refractivity contribution in [1.82, 2.24) is 25.3 Å². The highest BCUT2D eigenvalue weighted by molar-refractivity contribution is 5.99. The molecule has 0 radical (unpaired) electrons. The number of nitrogens with one attached hydrogen (secondary N) is 2. The molecule has 3 heterocycles. The van der Waals surface area contributed by atoms with E-state index in [9.17, 15) is 4.79 Å². The monoisotopic (exact) mass is 317 g/mol. The van der Waals surface area contributed by atoms with E-state index in [1.54, 1.807) is 10.9 Å². The Labute approximate surface area is 135 Å². The molecule has 2 aromatic rings. The van der Waals surface area contributed by atoms with Gasteiger partial charge in [0.1, 0.15) is 5.69 Å². The van der Waals surface area contributed by atoms with Crippen molar-refractivity contribution in [3.05, 3.63) is 24.0 Å². The Balaban J connectivity index is 1.56. The van der Waals surface area contributed by atoms with Gasteiger partial charge in [0, 0.05) is 19.8 Å². The van der Waals surface area contributed by atoms with Crippen LogP contribution < -0.4 is 5.32 Å². The minimum atomic E-state index is -0.127. The van der Waals surface area contributed by atoms with Crippen LogP contribution in [0.15, 0.2) is 18.5 Å². The Kier molecular flexibility index (Phi) is 4.21. The van der Waals surface area contributed by atoms with Crippen molar-refractivity contribution in [3.63, 3.8) is 0 Å². The van der Waals surface area contributed by atoms with Crippen LogP contribution in [-0.2, 0) is 11.8 Å². The lowest BCUT2D eigenvalue weighted by atomic mass is 9.95. The van der Waals surface area contributed by atoms with Gasteiger partial charge in [-0.1, -0.05) is 0 Å². The SMILES string of the molecule is Cn1ccc(-c2[nH]ncc2C(=O)NCCC2COC(C)(C)C2)n1. The van der Waals surface area contributed by atoms with Crippen molar-refractivity contribution in [2.24, 2.45) is 13.0 Å². The highest BCUT2D eigenvalue weighted by atomic mass is 16.5. The number of aromatic nitrogens is 4. The molecule has 1 fully saturated rings. The summed E-state index contributed by atoms with van der Waals surface area (Å²) < 4.78 is 7.42. The molecule has 7 heteroatoms. The van der Waals surface area contributed by atoms with Crippen molar-refractivity contribution in [3.8, 4) is 11.4 Å². The topological polar surface area (TPSA) is 84.8 Å². The highest BCUT2D eigenvalue weighted by Gasteiger charge is 2.31. The standard InChI is InChI=1S/C16H23N5O2/c1-16(2)8-11(10-23-16)4-6-17-15(22)12-9-18-19-14(12)13-5-7-21(3)20-13/h5,7,9,11H,4,6,8,10H2,1-3H3,(H,17,22)(H,18,19). The van der Waals surface area contributed by atoms with Crippen LogP contribution in [0, 0.1) is 5.92 Å². The fourth-order valence-corrected chi connectivity index (χ4v) is 3.03. The van der Waals surface area contributed by atoms with Crippen LogP contribution in [0.3, 0.4) is 0 Å². The van der Waals surface area contributed by atoms with E-state index in [-0.39, 0.29) is 11.5 Å². The fourth-order valence-electron chi connectivity index (χ4n) is 3.03. The molecule has 3 rings (SSSR count). The Bertz CT molecular complexity index is 688. The zero-order valence-electron chi connectivity index (χ0n) is 13.8. The lowest BCUT2D eigenvalue weighted by Crippen LogP contribution is -2.26. The number of amides is 1. The molecule has 7 nitrogen and oxygen atoms in total. The predicted molar refractivity (Wildman–Crippen MR) is 85.9 cm³/mol. The van der Waals surface area contributed by atoms with Crippen LogP contribution in [0.25, 0.3) is 11.4 Å². The van der Waals surface area contributed by atoms with Gasteiger partial charge < -0.3 is 10.1 Å². The number of aromatic amines is 1. The Morgan fingerprint density at radius 1 is 1.57 bits per heavy atom. The molecule has 1 atom stereocenters. The van der Waals surface area contributed by atoms with Gasteiger partial charge in [0.2, 0.25) is 0 Å². The van der Waals surface area contributed by atoms with Crippen molar-refractivity contribution in [2.45, 2.75) is 32.3 Å². The average molecular weight is 317 g/mol. The zero-order valence-corrected chi connectivity index (χ0v) is 13.8. The number of aryl methyl sites for hydroxylation is 1. The lowest BCUT2D eigenvalue weighted by molar-refractivity contribution is 0.0348. The fraction of sp³-hybridized carbons (Fsp3) is 0.562. The summed E-state index contributed by atoms with van der Waals surface area (Å²) in [5.41, 5.74) is 1.84. The number of hydrogen-bond donors (Lipinski definition) is 2. The molecule has 0 saturated carbocycles. The molecule has 23 heavy (non-hydrogen) atoms. The van der Waals surface area contributed by atoms with E-state index < -0.39 is 0 Å². The quantitative estimate of drug-likeness (QED) is 0.880. The van der Waals surface area contributed by atoms with Gasteiger partial charge in [-0.25, -0.2) is 0 Å². The molecule has 2 N–H and O–H groups in total. The number of nitrogens with zero attached hydrogens (tertiary/aromatic N) is 3. The van der Waals surface area contributed by atoms with Gasteiger partial charge in [-0.05, 0) is 38.7 Å². The largest absolute Gasteiger partial charge is 0.375 e. The number of carbonyl (C=O) groups is 1. The molecule has 1 saturated heterocycles. The second-order valence-corrected chi connectivity index (χ2v) is 6.72. The molecule has 0 spiro atoms. The smallest absolute Gasteiger partial charge is 0.255 e. The van der Waals surface area contributed by atoms with E-state index in [1.165, 1.54) is 0 Å². The molecule has 1 amide bonds. The summed E-state index contributed by atoms with van der Waals surface area (Å²) in [6, 6.07) is 1.85. The van der Waals surface area contributed by atoms with Gasteiger partial charge in [0.05, 0.1) is 29.7 Å². The van der Waals surface area contributed by atoms with Crippen molar-refractivity contribution < 1.29 is 9.53 Å². The number of hydrogen-bond acceptors (Lipinski definition) is 4. The van der Waals surface area contributed by atoms with Crippen LogP contribution in [-0.4, -0.2) is 44.6 Å². The zero-order chi connectivity index (χ0) is 16.4. The third kappa shape index (κ3) is 3.61. The first kappa shape index (κ1) is 15.7. The van der Waals surface area contributed by atoms with E-state index in [1.807, 2.05) is 19.3 Å². The van der Waals surface area contributed by atoms with Gasteiger partial charge in [0.15, 0.2) is 0 Å². The second-order valence-electron chi connectivity index (χ2n) is 6.72. The van der Waals surface area contributed by atoms with E-state index in [0.29, 0.717) is 29.4 Å². The predicted octanol–water partition coefficient (Wildman–Crippen LogP) is 1.75. The van der Waals surface area contributed by atoms with Crippen molar-refractivity contribution >= 4 is 5.91 Å². The molecule has 0 bridgehead atoms. The van der Waals surface area contributed by atoms with Gasteiger partial charge in [-0.3, -0.25) is 14.6 Å². The van der Waals surface area contributed by atoms with Crippen LogP contribution in [0.4, 0.5) is 0 Å². The number of carbonyl (C=O) groups excluding carboxylic acids is 1. The number of ether oxygens (including phenoxy) is 1. The van der Waals surface area contributed by atoms with Crippen molar-refractivity contribution in [2.75, 3.05) is 13.2 Å². The van der Waals surface area contributed by atoms with Crippen LogP contribution in [0.5, 0.6) is 0 Å². The summed E-state index contributed by atoms with van der Waals surface area (Å²) >= 11 is 0. The van der Waals surface area contributed by atoms with Crippen LogP contribution in [0.1, 0.15) is 37.0 Å². The lowest BCUT2D eigenvalue weighted by Gasteiger charge is -2.15. The summed E-state index contributed by atoms with van der Waals surface area (Å²) in [6.07, 6.45) is 5.33. The first-order valence-electron chi connectivity index (χ1n) is 7.90. The van der Waals surface area contributed by atoms with E-state index >= 15 is 0 Å². The summed E-state index contributed by atoms with van der Waals surface area (Å²) in [5, 5.41) is 14.1. The maximum Gasteiger partial charge on any atom is 0.255 e. The second kappa shape index (κ2) is 6.16. The average Bonchev–Trinajstić information content (AvgIpc) is 3.18. The van der Waals surface area contributed by atoms with Crippen LogP contribution >= 0.6 is 0 Å². The van der Waals surface area contributed by atoms with Gasteiger partial charge in [0.25, 0.3) is 5.91 Å². The summed E-state index contributed by atoms with van der Waals surface area (Å²) in [7, 11) is 1.84. The van der Waals surface area contributed by atoms with E-state index in [0.717, 1.165) is 19.4 Å². The normalized spacial score (nSPS) is 19.9. The minimum absolute atomic E-state index is 0.0363. The summed E-state index contributed by atoms with van der Waals surface area (Å²) in [5.74, 6) is 0.377. The van der Waals surface area contributed by atoms with E-state index in [4.69, 9.17) is 4.74 Å². The first-order chi connectivity index (χ1) is 10.9. The van der Waals surface area contributed by atoms with Gasteiger partial charge in [-0.2, -0.15) is 10.2 Å². The third-order valence-electron chi connectivity index (χ3n) is 4.18. The Morgan fingerprint density at radius 2 is 2.39 bits per heavy atom. The minimum Gasteiger partial charge on any atom is -0.375 e. The molecule has 1 unspecified atom stereocenters. The molecule has 1 aliphatic rings. The number of rotatable bonds is 5. The Hall–Kier alpha value is -2.15. The van der Waals surface area contributed by atoms with Crippen LogP contribution in [0.2, 0.25) is 0 Å². The van der Waals surface area contributed by atoms with Crippen molar-refractivity contribution in [1.29, 1.82) is 0 Å². The van der Waals surface area contributed by atoms with Gasteiger partial charge >= 0.3 is 0 Å². The third-order valence-corrected chi connectivity index (χ3v) is 4.18. The maximum atomic E-state index is 12.4. The molecule has 2 aromatic heterocycles. The Morgan fingerprint density at radius 3 is 3.04 bits per heavy atom. The molecular formula is C16H23N5O2. The molecule has 124 valence electrons. The van der Waals surface area contributed by atoms with Gasteiger partial charge in [-0.15, -0.1) is 0 Å². The molecular weight excluding hydrogens is 294 g/mol. The first-order valence-corrected chi connectivity index (χ1v) is 7.90. The summed E-state index contributed by atoms with van der Waals surface area (Å²) in [4.78, 5) is 12.4.